The molecule has 1 rings (SSSR count). The standard InChI is InChI=1S/C8H15O4P/c1-4-5-10-13(9)11-6-8(2,3)7-12-13/h4-5H,6-7H2,1-3H3. The second-order valence-corrected chi connectivity index (χ2v) is 5.35. The van der Waals surface area contributed by atoms with Gasteiger partial charge >= 0.3 is 7.82 Å². The molecule has 0 spiro atoms. The van der Waals surface area contributed by atoms with E-state index in [4.69, 9.17) is 13.6 Å². The second kappa shape index (κ2) is 3.82. The Bertz CT molecular complexity index is 233. The molecule has 1 aliphatic heterocycles. The van der Waals surface area contributed by atoms with E-state index < -0.39 is 7.82 Å². The lowest BCUT2D eigenvalue weighted by atomic mass is 9.97. The van der Waals surface area contributed by atoms with Crippen molar-refractivity contribution in [2.45, 2.75) is 20.8 Å². The predicted molar refractivity (Wildman–Crippen MR) is 49.2 cm³/mol. The number of hydrogen-bond acceptors (Lipinski definition) is 4. The second-order valence-electron chi connectivity index (χ2n) is 3.73. The summed E-state index contributed by atoms with van der Waals surface area (Å²) >= 11 is 0. The smallest absolute Gasteiger partial charge is 0.412 e. The van der Waals surface area contributed by atoms with E-state index in [2.05, 4.69) is 0 Å². The highest BCUT2D eigenvalue weighted by Gasteiger charge is 2.38. The third-order valence-corrected chi connectivity index (χ3v) is 2.82. The third kappa shape index (κ3) is 3.14. The molecule has 0 radical (unpaired) electrons. The van der Waals surface area contributed by atoms with Crippen LogP contribution in [0, 0.1) is 5.41 Å². The van der Waals surface area contributed by atoms with E-state index in [1.54, 1.807) is 13.0 Å². The normalized spacial score (nSPS) is 26.1. The molecule has 0 saturated carbocycles. The maximum atomic E-state index is 11.6. The van der Waals surface area contributed by atoms with Crippen LogP contribution < -0.4 is 0 Å². The van der Waals surface area contributed by atoms with Gasteiger partial charge in [-0.25, -0.2) is 4.57 Å². The van der Waals surface area contributed by atoms with E-state index in [1.807, 2.05) is 13.8 Å². The van der Waals surface area contributed by atoms with Gasteiger partial charge in [0.15, 0.2) is 0 Å². The summed E-state index contributed by atoms with van der Waals surface area (Å²) in [6.07, 6.45) is 2.95. The molecule has 1 saturated heterocycles. The minimum Gasteiger partial charge on any atom is -0.412 e. The first-order valence-electron chi connectivity index (χ1n) is 4.16. The van der Waals surface area contributed by atoms with Crippen molar-refractivity contribution in [3.05, 3.63) is 12.3 Å². The SMILES string of the molecule is CC=COP1(=O)OCC(C)(C)CO1. The molecule has 0 amide bonds. The van der Waals surface area contributed by atoms with Gasteiger partial charge < -0.3 is 4.52 Å². The van der Waals surface area contributed by atoms with E-state index in [-0.39, 0.29) is 5.41 Å². The van der Waals surface area contributed by atoms with Crippen molar-refractivity contribution in [1.29, 1.82) is 0 Å². The van der Waals surface area contributed by atoms with Crippen LogP contribution in [0.25, 0.3) is 0 Å². The highest BCUT2D eigenvalue weighted by Crippen LogP contribution is 2.54. The van der Waals surface area contributed by atoms with E-state index in [0.29, 0.717) is 13.2 Å². The van der Waals surface area contributed by atoms with Crippen LogP contribution in [0.2, 0.25) is 0 Å². The van der Waals surface area contributed by atoms with Crippen molar-refractivity contribution in [2.75, 3.05) is 13.2 Å². The maximum absolute atomic E-state index is 11.6. The van der Waals surface area contributed by atoms with Gasteiger partial charge in [-0.05, 0) is 6.92 Å². The van der Waals surface area contributed by atoms with E-state index in [1.165, 1.54) is 6.26 Å². The van der Waals surface area contributed by atoms with Gasteiger partial charge in [0.2, 0.25) is 0 Å². The van der Waals surface area contributed by atoms with Crippen LogP contribution in [-0.2, 0) is 18.1 Å². The van der Waals surface area contributed by atoms with Crippen LogP contribution in [-0.4, -0.2) is 13.2 Å². The van der Waals surface area contributed by atoms with Gasteiger partial charge in [0.05, 0.1) is 19.5 Å². The molecule has 76 valence electrons. The van der Waals surface area contributed by atoms with E-state index in [9.17, 15) is 4.57 Å². The Morgan fingerprint density at radius 1 is 1.38 bits per heavy atom. The molecule has 1 fully saturated rings. The Balaban J connectivity index is 2.52. The van der Waals surface area contributed by atoms with Crippen molar-refractivity contribution in [3.63, 3.8) is 0 Å². The Morgan fingerprint density at radius 3 is 2.38 bits per heavy atom. The molecular formula is C8H15O4P. The van der Waals surface area contributed by atoms with Crippen LogP contribution >= 0.6 is 7.82 Å². The molecule has 1 aliphatic rings. The summed E-state index contributed by atoms with van der Waals surface area (Å²) in [6.45, 7) is 6.50. The van der Waals surface area contributed by atoms with Crippen LogP contribution in [0.1, 0.15) is 20.8 Å². The lowest BCUT2D eigenvalue weighted by Gasteiger charge is -2.32. The zero-order valence-electron chi connectivity index (χ0n) is 8.15. The Kier molecular flexibility index (Phi) is 3.17. The largest absolute Gasteiger partial charge is 0.529 e. The zero-order valence-corrected chi connectivity index (χ0v) is 9.04. The van der Waals surface area contributed by atoms with Crippen LogP contribution in [0.15, 0.2) is 12.3 Å². The average Bonchev–Trinajstić information content (AvgIpc) is 2.08. The molecule has 0 aliphatic carbocycles. The van der Waals surface area contributed by atoms with Crippen LogP contribution in [0.5, 0.6) is 0 Å². The Morgan fingerprint density at radius 2 is 1.92 bits per heavy atom. The fourth-order valence-corrected chi connectivity index (χ4v) is 2.27. The van der Waals surface area contributed by atoms with Gasteiger partial charge in [0, 0.05) is 5.41 Å². The molecule has 0 aromatic rings. The average molecular weight is 206 g/mol. The third-order valence-electron chi connectivity index (χ3n) is 1.55. The lowest BCUT2D eigenvalue weighted by Crippen LogP contribution is -2.29. The van der Waals surface area contributed by atoms with Crippen molar-refractivity contribution in [3.8, 4) is 0 Å². The molecule has 0 unspecified atom stereocenters. The van der Waals surface area contributed by atoms with Crippen molar-refractivity contribution >= 4 is 7.82 Å². The molecular weight excluding hydrogens is 191 g/mol. The fourth-order valence-electron chi connectivity index (χ4n) is 0.783. The monoisotopic (exact) mass is 206 g/mol. The van der Waals surface area contributed by atoms with Gasteiger partial charge in [0.25, 0.3) is 0 Å². The molecule has 5 heteroatoms. The van der Waals surface area contributed by atoms with Gasteiger partial charge in [-0.1, -0.05) is 19.9 Å². The van der Waals surface area contributed by atoms with Crippen LogP contribution in [0.3, 0.4) is 0 Å². The van der Waals surface area contributed by atoms with Crippen molar-refractivity contribution in [1.82, 2.24) is 0 Å². The topological polar surface area (TPSA) is 44.8 Å². The Labute approximate surface area is 78.5 Å². The predicted octanol–water partition coefficient (Wildman–Crippen LogP) is 2.72. The zero-order chi connectivity index (χ0) is 9.95. The summed E-state index contributed by atoms with van der Waals surface area (Å²) in [6, 6.07) is 0. The van der Waals surface area contributed by atoms with Crippen molar-refractivity contribution < 1.29 is 18.1 Å². The first kappa shape index (κ1) is 10.8. The molecule has 0 aromatic heterocycles. The number of allylic oxidation sites excluding steroid dienone is 1. The highest BCUT2D eigenvalue weighted by atomic mass is 31.2. The summed E-state index contributed by atoms with van der Waals surface area (Å²) in [5.41, 5.74) is -0.0901. The summed E-state index contributed by atoms with van der Waals surface area (Å²) in [5.74, 6) is 0. The number of phosphoric ester groups is 1. The number of rotatable bonds is 2. The summed E-state index contributed by atoms with van der Waals surface area (Å²) in [4.78, 5) is 0. The highest BCUT2D eigenvalue weighted by molar-refractivity contribution is 7.48. The minimum atomic E-state index is -3.30. The molecule has 13 heavy (non-hydrogen) atoms. The first-order valence-corrected chi connectivity index (χ1v) is 5.62. The minimum absolute atomic E-state index is 0.0901. The summed E-state index contributed by atoms with van der Waals surface area (Å²) in [5, 5.41) is 0. The quantitative estimate of drug-likeness (QED) is 0.514. The fraction of sp³-hybridized carbons (Fsp3) is 0.750. The summed E-state index contributed by atoms with van der Waals surface area (Å²) < 4.78 is 26.5. The molecule has 0 N–H and O–H groups in total. The molecule has 0 atom stereocenters. The molecule has 0 bridgehead atoms. The van der Waals surface area contributed by atoms with Gasteiger partial charge in [-0.3, -0.25) is 9.05 Å². The van der Waals surface area contributed by atoms with Gasteiger partial charge in [-0.15, -0.1) is 0 Å². The maximum Gasteiger partial charge on any atom is 0.529 e. The molecule has 4 nitrogen and oxygen atoms in total. The van der Waals surface area contributed by atoms with Gasteiger partial charge in [-0.2, -0.15) is 0 Å². The number of phosphoric acid groups is 1. The summed E-state index contributed by atoms with van der Waals surface area (Å²) in [7, 11) is -3.30. The van der Waals surface area contributed by atoms with Crippen molar-refractivity contribution in [2.24, 2.45) is 5.41 Å². The lowest BCUT2D eigenvalue weighted by molar-refractivity contribution is 0.0125. The van der Waals surface area contributed by atoms with Gasteiger partial charge in [0.1, 0.15) is 0 Å². The molecule has 1 heterocycles. The Hall–Kier alpha value is -0.310. The van der Waals surface area contributed by atoms with Crippen LogP contribution in [0.4, 0.5) is 0 Å². The molecule has 0 aromatic carbocycles. The number of hydrogen-bond donors (Lipinski definition) is 0. The first-order chi connectivity index (χ1) is 5.97. The van der Waals surface area contributed by atoms with E-state index >= 15 is 0 Å². The van der Waals surface area contributed by atoms with E-state index in [0.717, 1.165) is 0 Å².